The summed E-state index contributed by atoms with van der Waals surface area (Å²) in [6, 6.07) is 0.269. The van der Waals surface area contributed by atoms with Crippen LogP contribution in [-0.2, 0) is 4.74 Å². The van der Waals surface area contributed by atoms with Crippen molar-refractivity contribution in [2.75, 3.05) is 7.11 Å². The van der Waals surface area contributed by atoms with Gasteiger partial charge in [0, 0.05) is 7.11 Å². The summed E-state index contributed by atoms with van der Waals surface area (Å²) < 4.78 is 5.64. The summed E-state index contributed by atoms with van der Waals surface area (Å²) in [5.41, 5.74) is 2.83. The highest BCUT2D eigenvalue weighted by atomic mass is 16.5. The lowest BCUT2D eigenvalue weighted by molar-refractivity contribution is -0.0363. The third-order valence-electron chi connectivity index (χ3n) is 4.40. The number of rotatable bonds is 6. The van der Waals surface area contributed by atoms with Crippen molar-refractivity contribution in [1.29, 1.82) is 0 Å². The summed E-state index contributed by atoms with van der Waals surface area (Å²) in [6.45, 7) is 4.31. The van der Waals surface area contributed by atoms with Crippen molar-refractivity contribution < 1.29 is 4.74 Å². The fourth-order valence-corrected chi connectivity index (χ4v) is 2.78. The van der Waals surface area contributed by atoms with E-state index in [1.165, 1.54) is 32.1 Å². The van der Waals surface area contributed by atoms with Gasteiger partial charge in [-0.15, -0.1) is 0 Å². The van der Waals surface area contributed by atoms with Crippen LogP contribution < -0.4 is 11.3 Å². The van der Waals surface area contributed by atoms with Crippen LogP contribution in [0.15, 0.2) is 0 Å². The van der Waals surface area contributed by atoms with Crippen molar-refractivity contribution in [2.24, 2.45) is 11.8 Å². The Bertz CT molecular complexity index is 186. The molecule has 0 aromatic carbocycles. The van der Waals surface area contributed by atoms with Crippen LogP contribution in [0.25, 0.3) is 0 Å². The molecule has 0 bridgehead atoms. The molecule has 1 aliphatic rings. The first-order valence-corrected chi connectivity index (χ1v) is 6.67. The third kappa shape index (κ3) is 3.44. The summed E-state index contributed by atoms with van der Waals surface area (Å²) in [7, 11) is 1.79. The molecule has 0 radical (unpaired) electrons. The Balaban J connectivity index is 2.52. The fraction of sp³-hybridized carbons (Fsp3) is 1.00. The molecule has 96 valence electrons. The van der Waals surface area contributed by atoms with E-state index in [0.29, 0.717) is 0 Å². The molecule has 0 spiro atoms. The zero-order valence-electron chi connectivity index (χ0n) is 11.1. The van der Waals surface area contributed by atoms with Gasteiger partial charge in [-0.05, 0) is 25.7 Å². The van der Waals surface area contributed by atoms with E-state index < -0.39 is 0 Å². The molecular formula is C13H28N2O. The van der Waals surface area contributed by atoms with Gasteiger partial charge in [0.1, 0.15) is 0 Å². The highest BCUT2D eigenvalue weighted by Crippen LogP contribution is 2.31. The summed E-state index contributed by atoms with van der Waals surface area (Å²) >= 11 is 0. The molecule has 0 aromatic rings. The monoisotopic (exact) mass is 228 g/mol. The number of nitrogens with one attached hydrogen (secondary N) is 1. The Morgan fingerprint density at radius 2 is 2.00 bits per heavy atom. The zero-order chi connectivity index (χ0) is 12.0. The Morgan fingerprint density at radius 1 is 1.38 bits per heavy atom. The maximum Gasteiger partial charge on any atom is 0.0813 e. The van der Waals surface area contributed by atoms with Crippen molar-refractivity contribution in [1.82, 2.24) is 5.43 Å². The maximum absolute atomic E-state index is 5.70. The van der Waals surface area contributed by atoms with Crippen molar-refractivity contribution in [3.05, 3.63) is 0 Å². The van der Waals surface area contributed by atoms with E-state index in [9.17, 15) is 0 Å². The third-order valence-corrected chi connectivity index (χ3v) is 4.40. The van der Waals surface area contributed by atoms with Gasteiger partial charge in [0.25, 0.3) is 0 Å². The summed E-state index contributed by atoms with van der Waals surface area (Å²) in [5, 5.41) is 0. The minimum atomic E-state index is -0.133. The van der Waals surface area contributed by atoms with E-state index in [1.807, 2.05) is 0 Å². The van der Waals surface area contributed by atoms with Crippen molar-refractivity contribution in [2.45, 2.75) is 70.4 Å². The number of hydrogen-bond donors (Lipinski definition) is 2. The van der Waals surface area contributed by atoms with Crippen molar-refractivity contribution >= 4 is 0 Å². The molecule has 16 heavy (non-hydrogen) atoms. The highest BCUT2D eigenvalue weighted by Gasteiger charge is 2.33. The Morgan fingerprint density at radius 3 is 2.44 bits per heavy atom. The summed E-state index contributed by atoms with van der Waals surface area (Å²) in [5.74, 6) is 6.53. The van der Waals surface area contributed by atoms with Gasteiger partial charge in [0.05, 0.1) is 11.6 Å². The first-order chi connectivity index (χ1) is 7.66. The van der Waals surface area contributed by atoms with Gasteiger partial charge >= 0.3 is 0 Å². The predicted molar refractivity (Wildman–Crippen MR) is 68.0 cm³/mol. The predicted octanol–water partition coefficient (Wildman–Crippen LogP) is 2.60. The van der Waals surface area contributed by atoms with Gasteiger partial charge in [-0.25, -0.2) is 0 Å². The van der Waals surface area contributed by atoms with Crippen LogP contribution in [0, 0.1) is 5.92 Å². The molecule has 0 saturated heterocycles. The van der Waals surface area contributed by atoms with Gasteiger partial charge in [-0.1, -0.05) is 39.0 Å². The van der Waals surface area contributed by atoms with E-state index in [4.69, 9.17) is 10.6 Å². The lowest BCUT2D eigenvalue weighted by Gasteiger charge is -2.38. The van der Waals surface area contributed by atoms with Gasteiger partial charge in [0.2, 0.25) is 0 Å². The van der Waals surface area contributed by atoms with Gasteiger partial charge in [-0.2, -0.15) is 0 Å². The van der Waals surface area contributed by atoms with Crippen LogP contribution in [0.1, 0.15) is 58.8 Å². The van der Waals surface area contributed by atoms with E-state index in [-0.39, 0.29) is 11.6 Å². The Labute approximate surface area is 100 Å². The molecule has 3 nitrogen and oxygen atoms in total. The number of nitrogens with two attached hydrogens (primary N) is 1. The van der Waals surface area contributed by atoms with Crippen LogP contribution >= 0.6 is 0 Å². The van der Waals surface area contributed by atoms with Gasteiger partial charge < -0.3 is 4.74 Å². The van der Waals surface area contributed by atoms with Crippen LogP contribution in [0.5, 0.6) is 0 Å². The number of hydrogen-bond acceptors (Lipinski definition) is 3. The summed E-state index contributed by atoms with van der Waals surface area (Å²) in [6.07, 6.45) is 9.05. The quantitative estimate of drug-likeness (QED) is 0.542. The van der Waals surface area contributed by atoms with E-state index in [2.05, 4.69) is 19.3 Å². The minimum absolute atomic E-state index is 0.133. The maximum atomic E-state index is 5.70. The van der Waals surface area contributed by atoms with Crippen LogP contribution in [0.4, 0.5) is 0 Å². The molecule has 0 aromatic heterocycles. The molecule has 0 heterocycles. The molecule has 3 heteroatoms. The zero-order valence-corrected chi connectivity index (χ0v) is 11.1. The SMILES string of the molecule is CCC(C)(OC)C(CC1CCCCC1)NN. The average molecular weight is 228 g/mol. The molecule has 3 N–H and O–H groups in total. The summed E-state index contributed by atoms with van der Waals surface area (Å²) in [4.78, 5) is 0. The van der Waals surface area contributed by atoms with E-state index in [1.54, 1.807) is 7.11 Å². The van der Waals surface area contributed by atoms with Crippen LogP contribution in [-0.4, -0.2) is 18.8 Å². The van der Waals surface area contributed by atoms with E-state index in [0.717, 1.165) is 18.8 Å². The largest absolute Gasteiger partial charge is 0.377 e. The minimum Gasteiger partial charge on any atom is -0.377 e. The average Bonchev–Trinajstić information content (AvgIpc) is 2.36. The molecule has 2 unspecified atom stereocenters. The first-order valence-electron chi connectivity index (χ1n) is 6.67. The Kier molecular flexibility index (Phi) is 5.73. The normalized spacial score (nSPS) is 24.0. The highest BCUT2D eigenvalue weighted by molar-refractivity contribution is 4.89. The molecule has 1 rings (SSSR count). The van der Waals surface area contributed by atoms with Crippen molar-refractivity contribution in [3.8, 4) is 0 Å². The molecular weight excluding hydrogens is 200 g/mol. The lowest BCUT2D eigenvalue weighted by atomic mass is 9.80. The molecule has 1 fully saturated rings. The standard InChI is InChI=1S/C13H28N2O/c1-4-13(2,16-3)12(15-14)10-11-8-6-5-7-9-11/h11-12,15H,4-10,14H2,1-3H3. The van der Waals surface area contributed by atoms with Crippen LogP contribution in [0.3, 0.4) is 0 Å². The molecule has 0 amide bonds. The topological polar surface area (TPSA) is 47.3 Å². The number of hydrazine groups is 1. The van der Waals surface area contributed by atoms with E-state index >= 15 is 0 Å². The van der Waals surface area contributed by atoms with Gasteiger partial charge in [-0.3, -0.25) is 11.3 Å². The fourth-order valence-electron chi connectivity index (χ4n) is 2.78. The second-order valence-corrected chi connectivity index (χ2v) is 5.33. The second kappa shape index (κ2) is 6.58. The lowest BCUT2D eigenvalue weighted by Crippen LogP contribution is -2.53. The van der Waals surface area contributed by atoms with Gasteiger partial charge in [0.15, 0.2) is 0 Å². The van der Waals surface area contributed by atoms with Crippen molar-refractivity contribution in [3.63, 3.8) is 0 Å². The van der Waals surface area contributed by atoms with Crippen LogP contribution in [0.2, 0.25) is 0 Å². The smallest absolute Gasteiger partial charge is 0.0813 e. The molecule has 0 aliphatic heterocycles. The second-order valence-electron chi connectivity index (χ2n) is 5.33. The number of methoxy groups -OCH3 is 1. The molecule has 2 atom stereocenters. The Hall–Kier alpha value is -0.120. The molecule has 1 saturated carbocycles. The molecule has 1 aliphatic carbocycles. The first kappa shape index (κ1) is 13.9. The number of ether oxygens (including phenoxy) is 1.